The van der Waals surface area contributed by atoms with Gasteiger partial charge in [0.25, 0.3) is 11.5 Å². The molecule has 27 heavy (non-hydrogen) atoms. The molecule has 1 aromatic carbocycles. The first-order valence-corrected chi connectivity index (χ1v) is 9.02. The lowest BCUT2D eigenvalue weighted by molar-refractivity contribution is -0.0604. The molecule has 2 aliphatic heterocycles. The Bertz CT molecular complexity index is 1100. The van der Waals surface area contributed by atoms with Gasteiger partial charge in [0.1, 0.15) is 0 Å². The average Bonchev–Trinajstić information content (AvgIpc) is 3.19. The lowest BCUT2D eigenvalue weighted by Crippen LogP contribution is -2.50. The Hall–Kier alpha value is -3.00. The van der Waals surface area contributed by atoms with E-state index < -0.39 is 0 Å². The highest BCUT2D eigenvalue weighted by molar-refractivity contribution is 6.06. The third-order valence-electron chi connectivity index (χ3n) is 5.60. The molecule has 8 heteroatoms. The molecule has 2 unspecified atom stereocenters. The molecule has 1 amide bonds. The van der Waals surface area contributed by atoms with Crippen LogP contribution in [0.5, 0.6) is 0 Å². The minimum Gasteiger partial charge on any atom is -0.370 e. The Labute approximate surface area is 154 Å². The van der Waals surface area contributed by atoms with E-state index in [-0.39, 0.29) is 23.6 Å². The zero-order valence-electron chi connectivity index (χ0n) is 14.9. The molecule has 0 N–H and O–H groups in total. The molecule has 0 radical (unpaired) electrons. The fourth-order valence-electron chi connectivity index (χ4n) is 4.12. The normalized spacial score (nSPS) is 21.7. The highest BCUT2D eigenvalue weighted by atomic mass is 16.5. The van der Waals surface area contributed by atoms with E-state index in [1.54, 1.807) is 22.7 Å². The number of fused-ring (bicyclic) bond motifs is 4. The van der Waals surface area contributed by atoms with Crippen LogP contribution in [0.15, 0.2) is 41.3 Å². The van der Waals surface area contributed by atoms with Gasteiger partial charge >= 0.3 is 0 Å². The van der Waals surface area contributed by atoms with Gasteiger partial charge in [-0.15, -0.1) is 5.10 Å². The molecule has 3 aromatic rings. The highest BCUT2D eigenvalue weighted by Gasteiger charge is 2.38. The molecular formula is C19H19N5O3. The molecule has 1 saturated heterocycles. The van der Waals surface area contributed by atoms with E-state index in [0.717, 1.165) is 23.0 Å². The molecule has 2 aromatic heterocycles. The van der Waals surface area contributed by atoms with E-state index in [0.29, 0.717) is 25.3 Å². The van der Waals surface area contributed by atoms with Crippen molar-refractivity contribution in [2.45, 2.75) is 25.2 Å². The van der Waals surface area contributed by atoms with Crippen LogP contribution < -0.4 is 5.56 Å². The molecule has 2 atom stereocenters. The molecule has 0 saturated carbocycles. The number of ether oxygens (including phenoxy) is 1. The van der Waals surface area contributed by atoms with Gasteiger partial charge in [-0.3, -0.25) is 9.59 Å². The molecule has 8 nitrogen and oxygen atoms in total. The van der Waals surface area contributed by atoms with Crippen LogP contribution in [0.2, 0.25) is 0 Å². The minimum atomic E-state index is -0.188. The summed E-state index contributed by atoms with van der Waals surface area (Å²) in [5.41, 5.74) is 1.93. The van der Waals surface area contributed by atoms with Crippen molar-refractivity contribution in [2.24, 2.45) is 7.05 Å². The topological polar surface area (TPSA) is 82.2 Å². The molecule has 1 fully saturated rings. The number of likely N-dealkylation sites (tertiary alicyclic amines) is 1. The summed E-state index contributed by atoms with van der Waals surface area (Å²) in [6.45, 7) is 1.58. The van der Waals surface area contributed by atoms with Crippen molar-refractivity contribution in [1.29, 1.82) is 0 Å². The fourth-order valence-corrected chi connectivity index (χ4v) is 4.12. The number of piperidine rings is 1. The van der Waals surface area contributed by atoms with E-state index in [1.165, 1.54) is 6.07 Å². The summed E-state index contributed by atoms with van der Waals surface area (Å²) >= 11 is 0. The predicted octanol–water partition coefficient (Wildman–Crippen LogP) is 1.12. The Kier molecular flexibility index (Phi) is 3.61. The monoisotopic (exact) mass is 365 g/mol. The van der Waals surface area contributed by atoms with Crippen molar-refractivity contribution < 1.29 is 9.53 Å². The number of benzene rings is 1. The quantitative estimate of drug-likeness (QED) is 0.645. The Morgan fingerprint density at radius 3 is 3.04 bits per heavy atom. The molecule has 0 aliphatic carbocycles. The minimum absolute atomic E-state index is 0.0311. The van der Waals surface area contributed by atoms with Crippen LogP contribution in [-0.2, 0) is 18.4 Å². The van der Waals surface area contributed by atoms with Gasteiger partial charge in [-0.2, -0.15) is 0 Å². The number of rotatable bonds is 1. The Morgan fingerprint density at radius 2 is 2.15 bits per heavy atom. The van der Waals surface area contributed by atoms with Crippen molar-refractivity contribution >= 4 is 16.8 Å². The standard InChI is InChI=1S/C19H19N5O3/c1-22-15-5-3-2-4-13(15)14(8-18(22)25)19(26)23-7-6-17-16(10-23)24-12(11-27-17)9-20-21-24/h2-5,8-9,16-17H,6-7,10-11H2,1H3. The smallest absolute Gasteiger partial charge is 0.254 e. The molecule has 2 aliphatic rings. The molecule has 5 rings (SSSR count). The average molecular weight is 365 g/mol. The largest absolute Gasteiger partial charge is 0.370 e. The molecule has 4 heterocycles. The summed E-state index contributed by atoms with van der Waals surface area (Å²) in [5.74, 6) is -0.130. The summed E-state index contributed by atoms with van der Waals surface area (Å²) in [7, 11) is 1.72. The fraction of sp³-hybridized carbons (Fsp3) is 0.368. The summed E-state index contributed by atoms with van der Waals surface area (Å²) in [5, 5.41) is 8.93. The third-order valence-corrected chi connectivity index (χ3v) is 5.60. The highest BCUT2D eigenvalue weighted by Crippen LogP contribution is 2.31. The van der Waals surface area contributed by atoms with Gasteiger partial charge < -0.3 is 14.2 Å². The number of carbonyl (C=O) groups is 1. The van der Waals surface area contributed by atoms with Gasteiger partial charge in [0.05, 0.1) is 41.7 Å². The Morgan fingerprint density at radius 1 is 1.30 bits per heavy atom. The number of carbonyl (C=O) groups excluding carboxylic acids is 1. The van der Waals surface area contributed by atoms with Crippen LogP contribution in [0.25, 0.3) is 10.9 Å². The maximum Gasteiger partial charge on any atom is 0.254 e. The van der Waals surface area contributed by atoms with Crippen molar-refractivity contribution in [2.75, 3.05) is 13.1 Å². The van der Waals surface area contributed by atoms with Gasteiger partial charge in [0.15, 0.2) is 0 Å². The number of amides is 1. The first kappa shape index (κ1) is 16.2. The second kappa shape index (κ2) is 6.02. The van der Waals surface area contributed by atoms with Crippen LogP contribution in [-0.4, -0.2) is 49.6 Å². The van der Waals surface area contributed by atoms with Crippen LogP contribution in [0.3, 0.4) is 0 Å². The lowest BCUT2D eigenvalue weighted by atomic mass is 9.99. The summed E-state index contributed by atoms with van der Waals surface area (Å²) in [6.07, 6.45) is 2.47. The molecule has 0 spiro atoms. The second-order valence-electron chi connectivity index (χ2n) is 7.10. The Balaban J connectivity index is 1.52. The van der Waals surface area contributed by atoms with Gasteiger partial charge in [-0.1, -0.05) is 23.4 Å². The van der Waals surface area contributed by atoms with Crippen molar-refractivity contribution in [3.63, 3.8) is 0 Å². The number of aryl methyl sites for hydroxylation is 1. The van der Waals surface area contributed by atoms with E-state index in [2.05, 4.69) is 10.3 Å². The van der Waals surface area contributed by atoms with Crippen LogP contribution >= 0.6 is 0 Å². The van der Waals surface area contributed by atoms with Crippen molar-refractivity contribution in [3.05, 3.63) is 58.1 Å². The number of para-hydroxylation sites is 1. The van der Waals surface area contributed by atoms with Crippen LogP contribution in [0.4, 0.5) is 0 Å². The summed E-state index contributed by atoms with van der Waals surface area (Å²) in [4.78, 5) is 27.4. The maximum absolute atomic E-state index is 13.3. The van der Waals surface area contributed by atoms with E-state index in [1.807, 2.05) is 28.9 Å². The lowest BCUT2D eigenvalue weighted by Gasteiger charge is -2.41. The number of pyridine rings is 1. The van der Waals surface area contributed by atoms with Crippen molar-refractivity contribution in [3.8, 4) is 0 Å². The SMILES string of the molecule is Cn1c(=O)cc(C(=O)N2CCC3OCc4cnnn4C3C2)c2ccccc21. The van der Waals surface area contributed by atoms with Crippen molar-refractivity contribution in [1.82, 2.24) is 24.5 Å². The third kappa shape index (κ3) is 2.48. The van der Waals surface area contributed by atoms with Gasteiger partial charge in [0.2, 0.25) is 0 Å². The number of hydrogen-bond donors (Lipinski definition) is 0. The first-order chi connectivity index (χ1) is 13.1. The molecule has 138 valence electrons. The maximum atomic E-state index is 13.3. The van der Waals surface area contributed by atoms with Gasteiger partial charge in [-0.05, 0) is 12.5 Å². The zero-order chi connectivity index (χ0) is 18.5. The zero-order valence-corrected chi connectivity index (χ0v) is 14.9. The van der Waals surface area contributed by atoms with Crippen LogP contribution in [0.1, 0.15) is 28.5 Å². The summed E-state index contributed by atoms with van der Waals surface area (Å²) in [6, 6.07) is 8.88. The number of aromatic nitrogens is 4. The van der Waals surface area contributed by atoms with E-state index in [9.17, 15) is 9.59 Å². The molecule has 0 bridgehead atoms. The van der Waals surface area contributed by atoms with Gasteiger partial charge in [-0.25, -0.2) is 4.68 Å². The van der Waals surface area contributed by atoms with E-state index >= 15 is 0 Å². The van der Waals surface area contributed by atoms with Crippen LogP contribution in [0, 0.1) is 0 Å². The van der Waals surface area contributed by atoms with Gasteiger partial charge in [0, 0.05) is 31.6 Å². The second-order valence-corrected chi connectivity index (χ2v) is 7.10. The number of nitrogens with zero attached hydrogens (tertiary/aromatic N) is 5. The number of hydrogen-bond acceptors (Lipinski definition) is 5. The predicted molar refractivity (Wildman–Crippen MR) is 97.3 cm³/mol. The van der Waals surface area contributed by atoms with E-state index in [4.69, 9.17) is 4.74 Å². The molecular weight excluding hydrogens is 346 g/mol. The summed E-state index contributed by atoms with van der Waals surface area (Å²) < 4.78 is 9.35. The first-order valence-electron chi connectivity index (χ1n) is 9.02.